The zero-order valence-electron chi connectivity index (χ0n) is 13.3. The van der Waals surface area contributed by atoms with Gasteiger partial charge in [-0.15, -0.1) is 11.3 Å². The van der Waals surface area contributed by atoms with Gasteiger partial charge in [-0.2, -0.15) is 0 Å². The number of urea groups is 1. The molecule has 0 radical (unpaired) electrons. The number of morpholine rings is 1. The summed E-state index contributed by atoms with van der Waals surface area (Å²) < 4.78 is 11.0. The highest BCUT2D eigenvalue weighted by atomic mass is 32.1. The molecule has 1 aromatic heterocycles. The minimum Gasteiger partial charge on any atom is -0.379 e. The van der Waals surface area contributed by atoms with Crippen molar-refractivity contribution in [1.82, 2.24) is 15.5 Å². The van der Waals surface area contributed by atoms with Crippen molar-refractivity contribution in [3.63, 3.8) is 0 Å². The van der Waals surface area contributed by atoms with E-state index in [1.54, 1.807) is 11.3 Å². The number of ether oxygens (including phenoxy) is 2. The van der Waals surface area contributed by atoms with Gasteiger partial charge in [-0.1, -0.05) is 6.07 Å². The lowest BCUT2D eigenvalue weighted by Crippen LogP contribution is -2.46. The quantitative estimate of drug-likeness (QED) is 0.826. The first-order chi connectivity index (χ1) is 11.3. The molecule has 128 valence electrons. The van der Waals surface area contributed by atoms with Crippen LogP contribution in [-0.2, 0) is 9.47 Å². The largest absolute Gasteiger partial charge is 0.379 e. The first kappa shape index (κ1) is 16.7. The normalized spacial score (nSPS) is 23.6. The summed E-state index contributed by atoms with van der Waals surface area (Å²) in [6, 6.07) is 4.30. The summed E-state index contributed by atoms with van der Waals surface area (Å²) in [7, 11) is 0. The number of rotatable bonds is 6. The first-order valence-electron chi connectivity index (χ1n) is 8.31. The van der Waals surface area contributed by atoms with E-state index >= 15 is 0 Å². The lowest BCUT2D eigenvalue weighted by atomic mass is 10.2. The molecule has 0 aromatic carbocycles. The van der Waals surface area contributed by atoms with E-state index in [2.05, 4.69) is 33.0 Å². The SMILES string of the molecule is O=C(NC[C@H]1CCCO1)NC[C@H](c1cccs1)N1CCOCC1. The number of amides is 2. The Balaban J connectivity index is 1.48. The summed E-state index contributed by atoms with van der Waals surface area (Å²) >= 11 is 1.74. The average Bonchev–Trinajstić information content (AvgIpc) is 3.28. The zero-order valence-corrected chi connectivity index (χ0v) is 14.1. The van der Waals surface area contributed by atoms with Gasteiger partial charge in [0.25, 0.3) is 0 Å². The van der Waals surface area contributed by atoms with Crippen LogP contribution >= 0.6 is 11.3 Å². The number of carbonyl (C=O) groups is 1. The summed E-state index contributed by atoms with van der Waals surface area (Å²) in [6.45, 7) is 5.33. The van der Waals surface area contributed by atoms with Gasteiger partial charge in [0, 0.05) is 37.7 Å². The lowest BCUT2D eigenvalue weighted by molar-refractivity contribution is 0.0174. The van der Waals surface area contributed by atoms with Crippen molar-refractivity contribution in [2.75, 3.05) is 46.0 Å². The van der Waals surface area contributed by atoms with Crippen molar-refractivity contribution < 1.29 is 14.3 Å². The molecule has 23 heavy (non-hydrogen) atoms. The summed E-state index contributed by atoms with van der Waals surface area (Å²) in [4.78, 5) is 15.7. The van der Waals surface area contributed by atoms with Crippen LogP contribution in [0, 0.1) is 0 Å². The smallest absolute Gasteiger partial charge is 0.314 e. The standard InChI is InChI=1S/C16H25N3O3S/c20-16(17-11-13-3-1-7-22-13)18-12-14(15-4-2-10-23-15)19-5-8-21-9-6-19/h2,4,10,13-14H,1,3,5-9,11-12H2,(H2,17,18,20)/t13-,14-/m1/s1. The Morgan fingerprint density at radius 3 is 2.91 bits per heavy atom. The van der Waals surface area contributed by atoms with Crippen LogP contribution in [0.3, 0.4) is 0 Å². The fraction of sp³-hybridized carbons (Fsp3) is 0.688. The van der Waals surface area contributed by atoms with E-state index in [0.29, 0.717) is 13.1 Å². The van der Waals surface area contributed by atoms with Crippen LogP contribution in [0.15, 0.2) is 17.5 Å². The van der Waals surface area contributed by atoms with Gasteiger partial charge in [0.15, 0.2) is 0 Å². The van der Waals surface area contributed by atoms with E-state index in [1.807, 2.05) is 0 Å². The minimum absolute atomic E-state index is 0.115. The average molecular weight is 339 g/mol. The molecule has 2 saturated heterocycles. The van der Waals surface area contributed by atoms with Gasteiger partial charge in [0.05, 0.1) is 25.4 Å². The van der Waals surface area contributed by atoms with Gasteiger partial charge in [0.2, 0.25) is 0 Å². The van der Waals surface area contributed by atoms with E-state index in [0.717, 1.165) is 45.8 Å². The second-order valence-corrected chi connectivity index (χ2v) is 6.88. The molecule has 2 N–H and O–H groups in total. The Morgan fingerprint density at radius 1 is 1.35 bits per heavy atom. The van der Waals surface area contributed by atoms with Crippen LogP contribution in [0.25, 0.3) is 0 Å². The molecule has 2 aliphatic rings. The van der Waals surface area contributed by atoms with Gasteiger partial charge < -0.3 is 20.1 Å². The van der Waals surface area contributed by atoms with E-state index < -0.39 is 0 Å². The molecule has 0 bridgehead atoms. The molecule has 2 aliphatic heterocycles. The fourth-order valence-electron chi connectivity index (χ4n) is 3.04. The Kier molecular flexibility index (Phi) is 6.27. The predicted octanol–water partition coefficient (Wildman–Crippen LogP) is 1.60. The van der Waals surface area contributed by atoms with Crippen molar-refractivity contribution >= 4 is 17.4 Å². The number of carbonyl (C=O) groups excluding carboxylic acids is 1. The van der Waals surface area contributed by atoms with Gasteiger partial charge >= 0.3 is 6.03 Å². The van der Waals surface area contributed by atoms with Crippen LogP contribution in [0.4, 0.5) is 4.79 Å². The molecule has 2 fully saturated rings. The van der Waals surface area contributed by atoms with Crippen molar-refractivity contribution in [2.24, 2.45) is 0 Å². The van der Waals surface area contributed by atoms with Crippen LogP contribution in [0.2, 0.25) is 0 Å². The van der Waals surface area contributed by atoms with Crippen molar-refractivity contribution in [1.29, 1.82) is 0 Å². The molecule has 0 spiro atoms. The molecule has 3 heterocycles. The van der Waals surface area contributed by atoms with Crippen molar-refractivity contribution in [3.05, 3.63) is 22.4 Å². The van der Waals surface area contributed by atoms with Crippen molar-refractivity contribution in [2.45, 2.75) is 25.0 Å². The van der Waals surface area contributed by atoms with Crippen LogP contribution < -0.4 is 10.6 Å². The van der Waals surface area contributed by atoms with E-state index in [9.17, 15) is 4.79 Å². The maximum Gasteiger partial charge on any atom is 0.314 e. The zero-order chi connectivity index (χ0) is 15.9. The Labute approximate surface area is 141 Å². The Bertz CT molecular complexity index is 471. The molecule has 6 nitrogen and oxygen atoms in total. The second kappa shape index (κ2) is 8.63. The fourth-order valence-corrected chi connectivity index (χ4v) is 3.90. The van der Waals surface area contributed by atoms with E-state index in [4.69, 9.17) is 9.47 Å². The summed E-state index contributed by atoms with van der Waals surface area (Å²) in [5.74, 6) is 0. The lowest BCUT2D eigenvalue weighted by Gasteiger charge is -2.34. The molecule has 1 aromatic rings. The molecule has 7 heteroatoms. The summed E-state index contributed by atoms with van der Waals surface area (Å²) in [5.41, 5.74) is 0. The number of nitrogens with zero attached hydrogens (tertiary/aromatic N) is 1. The second-order valence-electron chi connectivity index (χ2n) is 5.91. The van der Waals surface area contributed by atoms with Crippen LogP contribution in [0.1, 0.15) is 23.8 Å². The highest BCUT2D eigenvalue weighted by Gasteiger charge is 2.24. The first-order valence-corrected chi connectivity index (χ1v) is 9.19. The van der Waals surface area contributed by atoms with E-state index in [1.165, 1.54) is 4.88 Å². The van der Waals surface area contributed by atoms with Crippen molar-refractivity contribution in [3.8, 4) is 0 Å². The Hall–Kier alpha value is -1.15. The molecule has 3 rings (SSSR count). The Morgan fingerprint density at radius 2 is 2.22 bits per heavy atom. The molecule has 2 atom stereocenters. The topological polar surface area (TPSA) is 62.8 Å². The van der Waals surface area contributed by atoms with Gasteiger partial charge in [-0.25, -0.2) is 4.79 Å². The van der Waals surface area contributed by atoms with Gasteiger partial charge in [-0.3, -0.25) is 4.90 Å². The number of thiophene rings is 1. The molecule has 0 saturated carbocycles. The van der Waals surface area contributed by atoms with Gasteiger partial charge in [-0.05, 0) is 24.3 Å². The number of nitrogens with one attached hydrogen (secondary N) is 2. The van der Waals surface area contributed by atoms with E-state index in [-0.39, 0.29) is 18.2 Å². The van der Waals surface area contributed by atoms with Crippen LogP contribution in [0.5, 0.6) is 0 Å². The van der Waals surface area contributed by atoms with Crippen LogP contribution in [-0.4, -0.2) is 63.0 Å². The highest BCUT2D eigenvalue weighted by Crippen LogP contribution is 2.25. The minimum atomic E-state index is -0.115. The summed E-state index contributed by atoms with van der Waals surface area (Å²) in [6.07, 6.45) is 2.30. The maximum atomic E-state index is 12.0. The van der Waals surface area contributed by atoms with Gasteiger partial charge in [0.1, 0.15) is 0 Å². The summed E-state index contributed by atoms with van der Waals surface area (Å²) in [5, 5.41) is 8.01. The maximum absolute atomic E-state index is 12.0. The third kappa shape index (κ3) is 4.91. The third-order valence-corrected chi connectivity index (χ3v) is 5.30. The molecule has 0 aliphatic carbocycles. The third-order valence-electron chi connectivity index (χ3n) is 4.33. The molecule has 2 amide bonds. The molecule has 0 unspecified atom stereocenters. The number of hydrogen-bond donors (Lipinski definition) is 2. The monoisotopic (exact) mass is 339 g/mol. The molecular formula is C16H25N3O3S. The number of hydrogen-bond acceptors (Lipinski definition) is 5. The predicted molar refractivity (Wildman–Crippen MR) is 89.8 cm³/mol. The molecular weight excluding hydrogens is 314 g/mol. The highest BCUT2D eigenvalue weighted by molar-refractivity contribution is 7.10.